The molecule has 0 radical (unpaired) electrons. The zero-order valence-corrected chi connectivity index (χ0v) is 13.9. The Bertz CT molecular complexity index is 788. The van der Waals surface area contributed by atoms with Crippen molar-refractivity contribution in [1.82, 2.24) is 19.4 Å². The first-order valence-electron chi connectivity index (χ1n) is 9.05. The summed E-state index contributed by atoms with van der Waals surface area (Å²) < 4.78 is 1.73. The summed E-state index contributed by atoms with van der Waals surface area (Å²) in [7, 11) is 0. The van der Waals surface area contributed by atoms with Crippen molar-refractivity contribution in [3.63, 3.8) is 0 Å². The van der Waals surface area contributed by atoms with Crippen LogP contribution >= 0.6 is 0 Å². The number of imidazole rings is 1. The number of rotatable bonds is 3. The van der Waals surface area contributed by atoms with E-state index in [9.17, 15) is 9.59 Å². The fourth-order valence-corrected chi connectivity index (χ4v) is 4.24. The molecule has 0 aromatic carbocycles. The number of fused-ring (bicyclic) bond motifs is 1. The Hall–Kier alpha value is -2.11. The lowest BCUT2D eigenvalue weighted by molar-refractivity contribution is -0.131. The van der Waals surface area contributed by atoms with E-state index in [1.165, 1.54) is 32.1 Å². The van der Waals surface area contributed by atoms with Crippen LogP contribution in [-0.2, 0) is 4.79 Å². The highest BCUT2D eigenvalue weighted by Crippen LogP contribution is 2.29. The topological polar surface area (TPSA) is 71.0 Å². The molecule has 2 fully saturated rings. The summed E-state index contributed by atoms with van der Waals surface area (Å²) in [5.41, 5.74) is 1.32. The highest BCUT2D eigenvalue weighted by Gasteiger charge is 2.31. The number of H-pyrrole nitrogens is 1. The van der Waals surface area contributed by atoms with E-state index in [1.54, 1.807) is 10.8 Å². The lowest BCUT2D eigenvalue weighted by atomic mass is 9.87. The summed E-state index contributed by atoms with van der Waals surface area (Å²) in [6.45, 7) is 1.36. The van der Waals surface area contributed by atoms with Gasteiger partial charge in [-0.2, -0.15) is 0 Å². The number of hydrogen-bond donors (Lipinski definition) is 1. The molecule has 4 rings (SSSR count). The molecule has 1 N–H and O–H groups in total. The van der Waals surface area contributed by atoms with Crippen LogP contribution in [0.15, 0.2) is 23.1 Å². The van der Waals surface area contributed by atoms with Crippen LogP contribution in [0.2, 0.25) is 0 Å². The second-order valence-electron chi connectivity index (χ2n) is 7.17. The van der Waals surface area contributed by atoms with Gasteiger partial charge in [-0.15, -0.1) is 0 Å². The molecule has 2 aromatic rings. The number of aromatic amines is 1. The molecule has 0 spiro atoms. The van der Waals surface area contributed by atoms with E-state index in [2.05, 4.69) is 9.97 Å². The van der Waals surface area contributed by atoms with Gasteiger partial charge < -0.3 is 9.88 Å². The van der Waals surface area contributed by atoms with E-state index >= 15 is 0 Å². The molecule has 1 aliphatic heterocycles. The van der Waals surface area contributed by atoms with Crippen LogP contribution in [0.5, 0.6) is 0 Å². The lowest BCUT2D eigenvalue weighted by Gasteiger charge is -2.24. The lowest BCUT2D eigenvalue weighted by Crippen LogP contribution is -2.32. The van der Waals surface area contributed by atoms with E-state index in [0.29, 0.717) is 24.5 Å². The van der Waals surface area contributed by atoms with Crippen molar-refractivity contribution in [2.24, 2.45) is 5.92 Å². The second kappa shape index (κ2) is 6.42. The highest BCUT2D eigenvalue weighted by atomic mass is 16.2. The van der Waals surface area contributed by atoms with Gasteiger partial charge in [0.1, 0.15) is 0 Å². The first-order chi connectivity index (χ1) is 11.7. The Morgan fingerprint density at radius 2 is 2.08 bits per heavy atom. The number of aromatic nitrogens is 3. The molecule has 0 unspecified atom stereocenters. The van der Waals surface area contributed by atoms with Crippen molar-refractivity contribution in [3.8, 4) is 0 Å². The largest absolute Gasteiger partial charge is 0.341 e. The molecule has 2 aliphatic rings. The molecule has 1 atom stereocenters. The van der Waals surface area contributed by atoms with Gasteiger partial charge in [0.05, 0.1) is 11.6 Å². The third-order valence-corrected chi connectivity index (χ3v) is 5.54. The molecule has 6 heteroatoms. The van der Waals surface area contributed by atoms with E-state index in [-0.39, 0.29) is 17.6 Å². The van der Waals surface area contributed by atoms with Crippen LogP contribution in [0, 0.1) is 5.92 Å². The zero-order valence-electron chi connectivity index (χ0n) is 13.9. The maximum absolute atomic E-state index is 12.6. The van der Waals surface area contributed by atoms with Gasteiger partial charge in [-0.25, -0.2) is 9.78 Å². The van der Waals surface area contributed by atoms with Crippen molar-refractivity contribution < 1.29 is 4.79 Å². The Kier molecular flexibility index (Phi) is 4.12. The van der Waals surface area contributed by atoms with Crippen LogP contribution in [0.25, 0.3) is 11.2 Å². The molecule has 0 bridgehead atoms. The van der Waals surface area contributed by atoms with Gasteiger partial charge in [0, 0.05) is 25.7 Å². The third-order valence-electron chi connectivity index (χ3n) is 5.54. The first-order valence-corrected chi connectivity index (χ1v) is 9.05. The van der Waals surface area contributed by atoms with E-state index in [1.807, 2.05) is 17.0 Å². The highest BCUT2D eigenvalue weighted by molar-refractivity contribution is 5.77. The number of carbonyl (C=O) groups is 1. The molecule has 1 saturated heterocycles. The number of amides is 1. The Morgan fingerprint density at radius 1 is 1.25 bits per heavy atom. The number of nitrogens with one attached hydrogen (secondary N) is 1. The molecule has 3 heterocycles. The van der Waals surface area contributed by atoms with Gasteiger partial charge in [0.25, 0.3) is 0 Å². The van der Waals surface area contributed by atoms with Crippen molar-refractivity contribution in [3.05, 3.63) is 28.8 Å². The van der Waals surface area contributed by atoms with Gasteiger partial charge in [-0.05, 0) is 37.3 Å². The average Bonchev–Trinajstić information content (AvgIpc) is 3.19. The summed E-state index contributed by atoms with van der Waals surface area (Å²) >= 11 is 0. The Balaban J connectivity index is 1.46. The maximum Gasteiger partial charge on any atom is 0.327 e. The van der Waals surface area contributed by atoms with Crippen molar-refractivity contribution in [2.45, 2.75) is 51.0 Å². The maximum atomic E-state index is 12.6. The smallest absolute Gasteiger partial charge is 0.327 e. The summed E-state index contributed by atoms with van der Waals surface area (Å²) in [6.07, 6.45) is 9.41. The third kappa shape index (κ3) is 2.85. The number of pyridine rings is 1. The number of hydrogen-bond acceptors (Lipinski definition) is 3. The number of nitrogens with zero attached hydrogens (tertiary/aromatic N) is 3. The van der Waals surface area contributed by atoms with Crippen LogP contribution in [-0.4, -0.2) is 38.4 Å². The van der Waals surface area contributed by atoms with E-state index < -0.39 is 0 Å². The molecule has 1 saturated carbocycles. The van der Waals surface area contributed by atoms with E-state index in [0.717, 1.165) is 18.5 Å². The van der Waals surface area contributed by atoms with Crippen molar-refractivity contribution in [2.75, 3.05) is 13.1 Å². The standard InChI is InChI=1S/C18H24N4O2/c23-16(11-13-5-2-1-3-6-13)21-10-8-14(12-21)22-17-15(20-18(22)24)7-4-9-19-17/h4,7,9,13-14H,1-3,5-6,8,10-12H2,(H,20,24)/t14-/m1/s1. The van der Waals surface area contributed by atoms with Gasteiger partial charge in [0.2, 0.25) is 5.91 Å². The van der Waals surface area contributed by atoms with Gasteiger partial charge in [-0.1, -0.05) is 19.3 Å². The normalized spacial score (nSPS) is 22.3. The van der Waals surface area contributed by atoms with Crippen LogP contribution in [0.4, 0.5) is 0 Å². The van der Waals surface area contributed by atoms with Crippen LogP contribution in [0.3, 0.4) is 0 Å². The number of likely N-dealkylation sites (tertiary alicyclic amines) is 1. The summed E-state index contributed by atoms with van der Waals surface area (Å²) in [4.78, 5) is 34.0. The van der Waals surface area contributed by atoms with Crippen molar-refractivity contribution in [1.29, 1.82) is 0 Å². The number of carbonyl (C=O) groups excluding carboxylic acids is 1. The van der Waals surface area contributed by atoms with Gasteiger partial charge in [0.15, 0.2) is 5.65 Å². The zero-order chi connectivity index (χ0) is 16.5. The molecule has 6 nitrogen and oxygen atoms in total. The molecule has 24 heavy (non-hydrogen) atoms. The predicted octanol–water partition coefficient (Wildman–Crippen LogP) is 2.47. The summed E-state index contributed by atoms with van der Waals surface area (Å²) in [6, 6.07) is 3.70. The molecular formula is C18H24N4O2. The average molecular weight is 328 g/mol. The fraction of sp³-hybridized carbons (Fsp3) is 0.611. The van der Waals surface area contributed by atoms with Crippen LogP contribution in [0.1, 0.15) is 51.0 Å². The quantitative estimate of drug-likeness (QED) is 0.941. The Morgan fingerprint density at radius 3 is 2.92 bits per heavy atom. The fourth-order valence-electron chi connectivity index (χ4n) is 4.24. The summed E-state index contributed by atoms with van der Waals surface area (Å²) in [5, 5.41) is 0. The van der Waals surface area contributed by atoms with Crippen LogP contribution < -0.4 is 5.69 Å². The van der Waals surface area contributed by atoms with Gasteiger partial charge in [-0.3, -0.25) is 9.36 Å². The van der Waals surface area contributed by atoms with E-state index in [4.69, 9.17) is 0 Å². The minimum absolute atomic E-state index is 0.0245. The molecular weight excluding hydrogens is 304 g/mol. The van der Waals surface area contributed by atoms with Crippen molar-refractivity contribution >= 4 is 17.1 Å². The first kappa shape index (κ1) is 15.4. The molecule has 1 amide bonds. The minimum Gasteiger partial charge on any atom is -0.341 e. The SMILES string of the molecule is O=C(CC1CCCCC1)N1CC[C@@H](n2c(=O)[nH]c3cccnc32)C1. The molecule has 1 aliphatic carbocycles. The minimum atomic E-state index is -0.129. The monoisotopic (exact) mass is 328 g/mol. The van der Waals surface area contributed by atoms with Gasteiger partial charge >= 0.3 is 5.69 Å². The molecule has 128 valence electrons. The molecule has 2 aromatic heterocycles. The summed E-state index contributed by atoms with van der Waals surface area (Å²) in [5.74, 6) is 0.813. The Labute approximate surface area is 140 Å². The predicted molar refractivity (Wildman–Crippen MR) is 91.8 cm³/mol. The second-order valence-corrected chi connectivity index (χ2v) is 7.17.